The molecule has 2 N–H and O–H groups in total. The number of hydrogen-bond acceptors (Lipinski definition) is 3. The fourth-order valence-corrected chi connectivity index (χ4v) is 1.43. The van der Waals surface area contributed by atoms with Crippen molar-refractivity contribution in [1.82, 2.24) is 4.98 Å². The third-order valence-corrected chi connectivity index (χ3v) is 2.38. The number of halogens is 1. The molecular formula is C13H13FN2O. The molecule has 0 aliphatic carbocycles. The van der Waals surface area contributed by atoms with Crippen LogP contribution in [-0.2, 0) is 6.54 Å². The molecule has 0 fully saturated rings. The van der Waals surface area contributed by atoms with Gasteiger partial charge in [0.2, 0.25) is 5.88 Å². The number of pyridine rings is 1. The molecule has 4 heteroatoms. The van der Waals surface area contributed by atoms with Crippen LogP contribution in [0.25, 0.3) is 0 Å². The molecule has 0 aliphatic rings. The van der Waals surface area contributed by atoms with Gasteiger partial charge >= 0.3 is 0 Å². The molecule has 0 bridgehead atoms. The van der Waals surface area contributed by atoms with Crippen LogP contribution in [0.4, 0.5) is 4.39 Å². The van der Waals surface area contributed by atoms with Gasteiger partial charge in [-0.1, -0.05) is 6.07 Å². The Morgan fingerprint density at radius 1 is 1.29 bits per heavy atom. The zero-order valence-corrected chi connectivity index (χ0v) is 9.48. The van der Waals surface area contributed by atoms with Gasteiger partial charge in [-0.05, 0) is 36.2 Å². The highest BCUT2D eigenvalue weighted by atomic mass is 19.1. The average molecular weight is 232 g/mol. The van der Waals surface area contributed by atoms with Gasteiger partial charge in [-0.2, -0.15) is 0 Å². The predicted molar refractivity (Wildman–Crippen MR) is 63.3 cm³/mol. The lowest BCUT2D eigenvalue weighted by Crippen LogP contribution is -1.97. The van der Waals surface area contributed by atoms with E-state index in [1.807, 2.05) is 6.07 Å². The zero-order chi connectivity index (χ0) is 12.3. The minimum atomic E-state index is -0.277. The smallest absolute Gasteiger partial charge is 0.219 e. The van der Waals surface area contributed by atoms with Gasteiger partial charge in [0, 0.05) is 18.8 Å². The third kappa shape index (κ3) is 2.79. The molecule has 3 nitrogen and oxygen atoms in total. The van der Waals surface area contributed by atoms with Crippen molar-refractivity contribution in [3.8, 4) is 11.6 Å². The van der Waals surface area contributed by atoms with Crippen molar-refractivity contribution < 1.29 is 9.13 Å². The Balaban J connectivity index is 2.19. The van der Waals surface area contributed by atoms with Crippen LogP contribution in [0.1, 0.15) is 11.1 Å². The highest BCUT2D eigenvalue weighted by Crippen LogP contribution is 2.23. The Kier molecular flexibility index (Phi) is 3.35. The first-order chi connectivity index (χ1) is 8.19. The van der Waals surface area contributed by atoms with E-state index in [4.69, 9.17) is 10.5 Å². The zero-order valence-electron chi connectivity index (χ0n) is 9.48. The normalized spacial score (nSPS) is 10.3. The monoisotopic (exact) mass is 232 g/mol. The lowest BCUT2D eigenvalue weighted by atomic mass is 10.2. The molecule has 1 aromatic carbocycles. The number of aryl methyl sites for hydroxylation is 1. The highest BCUT2D eigenvalue weighted by Gasteiger charge is 2.03. The molecule has 1 aromatic heterocycles. The summed E-state index contributed by atoms with van der Waals surface area (Å²) in [5.74, 6) is 0.789. The Morgan fingerprint density at radius 3 is 2.71 bits per heavy atom. The first-order valence-corrected chi connectivity index (χ1v) is 5.28. The number of nitrogens with two attached hydrogens (primary N) is 1. The topological polar surface area (TPSA) is 48.1 Å². The molecule has 0 atom stereocenters. The summed E-state index contributed by atoms with van der Waals surface area (Å²) in [4.78, 5) is 4.11. The molecule has 1 heterocycles. The Morgan fingerprint density at radius 2 is 2.12 bits per heavy atom. The van der Waals surface area contributed by atoms with Gasteiger partial charge in [-0.3, -0.25) is 0 Å². The molecule has 2 aromatic rings. The van der Waals surface area contributed by atoms with Crippen molar-refractivity contribution >= 4 is 0 Å². The van der Waals surface area contributed by atoms with E-state index in [0.29, 0.717) is 18.2 Å². The van der Waals surface area contributed by atoms with Crippen LogP contribution in [0, 0.1) is 12.7 Å². The number of nitrogens with zero attached hydrogens (tertiary/aromatic N) is 1. The lowest BCUT2D eigenvalue weighted by molar-refractivity contribution is 0.457. The van der Waals surface area contributed by atoms with Crippen molar-refractivity contribution in [2.75, 3.05) is 0 Å². The summed E-state index contributed by atoms with van der Waals surface area (Å²) in [5.41, 5.74) is 7.14. The summed E-state index contributed by atoms with van der Waals surface area (Å²) in [5, 5.41) is 0. The fourth-order valence-electron chi connectivity index (χ4n) is 1.43. The van der Waals surface area contributed by atoms with Crippen molar-refractivity contribution in [3.63, 3.8) is 0 Å². The van der Waals surface area contributed by atoms with Crippen LogP contribution in [0.3, 0.4) is 0 Å². The van der Waals surface area contributed by atoms with Gasteiger partial charge in [0.25, 0.3) is 0 Å². The standard InChI is InChI=1S/C13H13FN2O/c1-9-6-11(14)3-4-12(9)17-13-5-2-10(7-15)8-16-13/h2-6,8H,7,15H2,1H3. The molecule has 88 valence electrons. The molecule has 17 heavy (non-hydrogen) atoms. The maximum Gasteiger partial charge on any atom is 0.219 e. The van der Waals surface area contributed by atoms with Crippen LogP contribution >= 0.6 is 0 Å². The Hall–Kier alpha value is -1.94. The molecule has 0 unspecified atom stereocenters. The molecule has 0 amide bonds. The summed E-state index contributed by atoms with van der Waals surface area (Å²) in [7, 11) is 0. The largest absolute Gasteiger partial charge is 0.439 e. The number of aromatic nitrogens is 1. The van der Waals surface area contributed by atoms with Crippen LogP contribution in [0.15, 0.2) is 36.5 Å². The average Bonchev–Trinajstić information content (AvgIpc) is 2.34. The van der Waals surface area contributed by atoms with Crippen molar-refractivity contribution in [2.45, 2.75) is 13.5 Å². The van der Waals surface area contributed by atoms with Crippen molar-refractivity contribution in [1.29, 1.82) is 0 Å². The van der Waals surface area contributed by atoms with Gasteiger partial charge in [-0.15, -0.1) is 0 Å². The summed E-state index contributed by atoms with van der Waals surface area (Å²) < 4.78 is 18.4. The van der Waals surface area contributed by atoms with Gasteiger partial charge < -0.3 is 10.5 Å². The fraction of sp³-hybridized carbons (Fsp3) is 0.154. The third-order valence-electron chi connectivity index (χ3n) is 2.38. The number of hydrogen-bond donors (Lipinski definition) is 1. The first kappa shape index (κ1) is 11.5. The van der Waals surface area contributed by atoms with Gasteiger partial charge in [0.1, 0.15) is 11.6 Å². The van der Waals surface area contributed by atoms with E-state index in [0.717, 1.165) is 11.1 Å². The van der Waals surface area contributed by atoms with Gasteiger partial charge in [-0.25, -0.2) is 9.37 Å². The molecule has 0 saturated heterocycles. The maximum absolute atomic E-state index is 12.9. The minimum absolute atomic E-state index is 0.277. The highest BCUT2D eigenvalue weighted by molar-refractivity contribution is 5.35. The van der Waals surface area contributed by atoms with Crippen LogP contribution < -0.4 is 10.5 Å². The van der Waals surface area contributed by atoms with E-state index in [1.165, 1.54) is 12.1 Å². The van der Waals surface area contributed by atoms with E-state index in [1.54, 1.807) is 25.3 Å². The predicted octanol–water partition coefficient (Wildman–Crippen LogP) is 2.78. The minimum Gasteiger partial charge on any atom is -0.439 e. The molecule has 0 aliphatic heterocycles. The summed E-state index contributed by atoms with van der Waals surface area (Å²) >= 11 is 0. The summed E-state index contributed by atoms with van der Waals surface area (Å²) in [6.07, 6.45) is 1.66. The van der Waals surface area contributed by atoms with Gasteiger partial charge in [0.05, 0.1) is 0 Å². The molecule has 0 radical (unpaired) electrons. The maximum atomic E-state index is 12.9. The summed E-state index contributed by atoms with van der Waals surface area (Å²) in [6.45, 7) is 2.23. The van der Waals surface area contributed by atoms with E-state index in [-0.39, 0.29) is 5.82 Å². The van der Waals surface area contributed by atoms with Gasteiger partial charge in [0.15, 0.2) is 0 Å². The van der Waals surface area contributed by atoms with E-state index >= 15 is 0 Å². The molecular weight excluding hydrogens is 219 g/mol. The number of rotatable bonds is 3. The molecule has 0 saturated carbocycles. The van der Waals surface area contributed by atoms with Crippen molar-refractivity contribution in [3.05, 3.63) is 53.5 Å². The van der Waals surface area contributed by atoms with E-state index in [9.17, 15) is 4.39 Å². The quantitative estimate of drug-likeness (QED) is 0.885. The second kappa shape index (κ2) is 4.93. The van der Waals surface area contributed by atoms with E-state index < -0.39 is 0 Å². The Labute approximate surface area is 99.1 Å². The summed E-state index contributed by atoms with van der Waals surface area (Å²) in [6, 6.07) is 7.95. The van der Waals surface area contributed by atoms with Crippen LogP contribution in [0.5, 0.6) is 11.6 Å². The second-order valence-electron chi connectivity index (χ2n) is 3.72. The molecule has 2 rings (SSSR count). The lowest BCUT2D eigenvalue weighted by Gasteiger charge is -2.07. The molecule has 0 spiro atoms. The van der Waals surface area contributed by atoms with Crippen LogP contribution in [-0.4, -0.2) is 4.98 Å². The van der Waals surface area contributed by atoms with E-state index in [2.05, 4.69) is 4.98 Å². The second-order valence-corrected chi connectivity index (χ2v) is 3.72. The first-order valence-electron chi connectivity index (χ1n) is 5.28. The number of benzene rings is 1. The SMILES string of the molecule is Cc1cc(F)ccc1Oc1ccc(CN)cn1. The number of ether oxygens (including phenoxy) is 1. The Bertz CT molecular complexity index is 511. The van der Waals surface area contributed by atoms with Crippen LogP contribution in [0.2, 0.25) is 0 Å². The van der Waals surface area contributed by atoms with Crippen molar-refractivity contribution in [2.24, 2.45) is 5.73 Å².